The fourth-order valence-corrected chi connectivity index (χ4v) is 2.21. The standard InChI is InChI=1S/C10H11BN2OS/c1-3-4-13(7(2)14)10-5-8(11)9(6-12)15-10/h5H,3-4H2,1-2H3. The summed E-state index contributed by atoms with van der Waals surface area (Å²) >= 11 is 1.25. The van der Waals surface area contributed by atoms with E-state index in [-0.39, 0.29) is 5.91 Å². The van der Waals surface area contributed by atoms with E-state index in [9.17, 15) is 4.79 Å². The molecule has 0 aromatic carbocycles. The van der Waals surface area contributed by atoms with E-state index in [1.165, 1.54) is 18.3 Å². The molecule has 5 heteroatoms. The highest BCUT2D eigenvalue weighted by atomic mass is 32.1. The maximum Gasteiger partial charge on any atom is 0.224 e. The molecule has 0 unspecified atom stereocenters. The molecule has 3 nitrogen and oxygen atoms in total. The normalized spacial score (nSPS) is 9.67. The van der Waals surface area contributed by atoms with Crippen LogP contribution >= 0.6 is 11.3 Å². The van der Waals surface area contributed by atoms with E-state index in [0.717, 1.165) is 11.4 Å². The molecule has 1 aromatic rings. The van der Waals surface area contributed by atoms with Crippen LogP contribution in [0.5, 0.6) is 0 Å². The van der Waals surface area contributed by atoms with Crippen LogP contribution in [0.25, 0.3) is 0 Å². The largest absolute Gasteiger partial charge is 0.304 e. The first-order valence-corrected chi connectivity index (χ1v) is 5.49. The van der Waals surface area contributed by atoms with Gasteiger partial charge in [0.2, 0.25) is 5.91 Å². The van der Waals surface area contributed by atoms with Gasteiger partial charge in [0.25, 0.3) is 0 Å². The molecule has 0 aliphatic carbocycles. The summed E-state index contributed by atoms with van der Waals surface area (Å²) in [6.45, 7) is 4.16. The number of hydrogen-bond acceptors (Lipinski definition) is 3. The van der Waals surface area contributed by atoms with Gasteiger partial charge in [-0.05, 0) is 12.5 Å². The van der Waals surface area contributed by atoms with Crippen molar-refractivity contribution in [2.24, 2.45) is 0 Å². The van der Waals surface area contributed by atoms with E-state index in [1.807, 2.05) is 13.0 Å². The van der Waals surface area contributed by atoms with Crippen LogP contribution in [-0.2, 0) is 4.79 Å². The molecule has 15 heavy (non-hydrogen) atoms. The first-order valence-electron chi connectivity index (χ1n) is 4.67. The third-order valence-corrected chi connectivity index (χ3v) is 3.02. The van der Waals surface area contributed by atoms with Crippen LogP contribution in [0.1, 0.15) is 25.1 Å². The maximum atomic E-state index is 11.4. The van der Waals surface area contributed by atoms with Gasteiger partial charge >= 0.3 is 0 Å². The Balaban J connectivity index is 3.02. The molecular formula is C10H11BN2OS. The molecule has 0 fully saturated rings. The third kappa shape index (κ3) is 2.60. The Hall–Kier alpha value is -1.28. The van der Waals surface area contributed by atoms with Gasteiger partial charge in [-0.25, -0.2) is 0 Å². The highest BCUT2D eigenvalue weighted by Crippen LogP contribution is 2.23. The van der Waals surface area contributed by atoms with Gasteiger partial charge in [-0.3, -0.25) is 4.79 Å². The second-order valence-corrected chi connectivity index (χ2v) is 4.18. The van der Waals surface area contributed by atoms with Crippen molar-refractivity contribution in [3.63, 3.8) is 0 Å². The lowest BCUT2D eigenvalue weighted by molar-refractivity contribution is -0.116. The minimum atomic E-state index is -0.0254. The Morgan fingerprint density at radius 1 is 1.73 bits per heavy atom. The van der Waals surface area contributed by atoms with Crippen molar-refractivity contribution in [1.29, 1.82) is 5.26 Å². The number of nitriles is 1. The molecule has 0 saturated carbocycles. The van der Waals surface area contributed by atoms with Crippen molar-refractivity contribution in [2.75, 3.05) is 11.4 Å². The van der Waals surface area contributed by atoms with Crippen LogP contribution in [0.3, 0.4) is 0 Å². The Bertz CT molecular complexity index is 408. The molecule has 76 valence electrons. The van der Waals surface area contributed by atoms with Crippen molar-refractivity contribution in [2.45, 2.75) is 20.3 Å². The monoisotopic (exact) mass is 218 g/mol. The zero-order chi connectivity index (χ0) is 11.4. The van der Waals surface area contributed by atoms with Gasteiger partial charge in [0.05, 0.1) is 9.88 Å². The van der Waals surface area contributed by atoms with Gasteiger partial charge in [-0.1, -0.05) is 12.4 Å². The molecule has 1 rings (SSSR count). The van der Waals surface area contributed by atoms with Crippen molar-refractivity contribution in [3.05, 3.63) is 10.9 Å². The minimum Gasteiger partial charge on any atom is -0.304 e. The van der Waals surface area contributed by atoms with Crippen molar-refractivity contribution < 1.29 is 4.79 Å². The molecule has 0 spiro atoms. The predicted molar refractivity (Wildman–Crippen MR) is 62.7 cm³/mol. The SMILES string of the molecule is [B]c1cc(N(CCC)C(C)=O)sc1C#N. The number of anilines is 1. The van der Waals surface area contributed by atoms with Crippen molar-refractivity contribution in [1.82, 2.24) is 0 Å². The maximum absolute atomic E-state index is 11.4. The first kappa shape index (κ1) is 11.8. The van der Waals surface area contributed by atoms with Crippen molar-refractivity contribution in [3.8, 4) is 6.07 Å². The Kier molecular flexibility index (Phi) is 3.92. The second kappa shape index (κ2) is 4.99. The lowest BCUT2D eigenvalue weighted by Crippen LogP contribution is -2.28. The highest BCUT2D eigenvalue weighted by Gasteiger charge is 2.14. The van der Waals surface area contributed by atoms with Gasteiger partial charge in [-0.2, -0.15) is 5.26 Å². The number of nitrogens with zero attached hydrogens (tertiary/aromatic N) is 2. The summed E-state index contributed by atoms with van der Waals surface area (Å²) in [5, 5.41) is 9.51. The molecule has 1 amide bonds. The zero-order valence-corrected chi connectivity index (χ0v) is 9.60. The summed E-state index contributed by atoms with van der Waals surface area (Å²) in [7, 11) is 5.64. The average molecular weight is 218 g/mol. The third-order valence-electron chi connectivity index (χ3n) is 1.94. The van der Waals surface area contributed by atoms with Crippen LogP contribution in [0.4, 0.5) is 5.00 Å². The molecule has 0 saturated heterocycles. The molecule has 0 aliphatic rings. The van der Waals surface area contributed by atoms with E-state index in [0.29, 0.717) is 16.9 Å². The molecule has 0 aliphatic heterocycles. The molecule has 0 N–H and O–H groups in total. The smallest absolute Gasteiger partial charge is 0.224 e. The molecule has 1 heterocycles. The predicted octanol–water partition coefficient (Wildman–Crippen LogP) is 1.18. The Morgan fingerprint density at radius 3 is 2.80 bits per heavy atom. The van der Waals surface area contributed by atoms with E-state index in [2.05, 4.69) is 0 Å². The fourth-order valence-electron chi connectivity index (χ4n) is 1.26. The van der Waals surface area contributed by atoms with Crippen molar-refractivity contribution >= 4 is 35.6 Å². The van der Waals surface area contributed by atoms with Gasteiger partial charge in [0, 0.05) is 13.5 Å². The Labute approximate surface area is 94.7 Å². The van der Waals surface area contributed by atoms with Gasteiger partial charge < -0.3 is 4.90 Å². The summed E-state index contributed by atoms with van der Waals surface area (Å²) in [5.41, 5.74) is 0.444. The zero-order valence-electron chi connectivity index (χ0n) is 8.78. The van der Waals surface area contributed by atoms with Crippen LogP contribution < -0.4 is 10.4 Å². The molecule has 0 atom stereocenters. The number of hydrogen-bond donors (Lipinski definition) is 0. The average Bonchev–Trinajstić information content (AvgIpc) is 2.55. The molecule has 2 radical (unpaired) electrons. The summed E-state index contributed by atoms with van der Waals surface area (Å²) in [5.74, 6) is -0.0254. The Morgan fingerprint density at radius 2 is 2.40 bits per heavy atom. The first-order chi connectivity index (χ1) is 7.10. The number of amides is 1. The van der Waals surface area contributed by atoms with Gasteiger partial charge in [0.1, 0.15) is 13.9 Å². The van der Waals surface area contributed by atoms with Crippen LogP contribution in [0, 0.1) is 11.3 Å². The highest BCUT2D eigenvalue weighted by molar-refractivity contribution is 7.17. The molecule has 1 aromatic heterocycles. The van der Waals surface area contributed by atoms with Gasteiger partial charge in [-0.15, -0.1) is 11.3 Å². The van der Waals surface area contributed by atoms with E-state index >= 15 is 0 Å². The number of carbonyl (C=O) groups excluding carboxylic acids is 1. The molecular weight excluding hydrogens is 207 g/mol. The van der Waals surface area contributed by atoms with Crippen LogP contribution in [0.15, 0.2) is 6.07 Å². The summed E-state index contributed by atoms with van der Waals surface area (Å²) in [4.78, 5) is 13.5. The van der Waals surface area contributed by atoms with E-state index < -0.39 is 0 Å². The summed E-state index contributed by atoms with van der Waals surface area (Å²) in [6.07, 6.45) is 0.874. The summed E-state index contributed by atoms with van der Waals surface area (Å²) in [6, 6.07) is 3.69. The topological polar surface area (TPSA) is 44.1 Å². The van der Waals surface area contributed by atoms with E-state index in [1.54, 1.807) is 11.0 Å². The fraction of sp³-hybridized carbons (Fsp3) is 0.400. The van der Waals surface area contributed by atoms with E-state index in [4.69, 9.17) is 13.1 Å². The lowest BCUT2D eigenvalue weighted by atomic mass is 9.97. The molecule has 0 bridgehead atoms. The van der Waals surface area contributed by atoms with Crippen LogP contribution in [0.2, 0.25) is 0 Å². The number of carbonyl (C=O) groups is 1. The minimum absolute atomic E-state index is 0.0254. The lowest BCUT2D eigenvalue weighted by Gasteiger charge is -2.17. The van der Waals surface area contributed by atoms with Gasteiger partial charge in [0.15, 0.2) is 0 Å². The number of rotatable bonds is 3. The summed E-state index contributed by atoms with van der Waals surface area (Å²) < 4.78 is 0. The number of thiophene rings is 1. The quantitative estimate of drug-likeness (QED) is 0.715. The second-order valence-electron chi connectivity index (χ2n) is 3.15. The van der Waals surface area contributed by atoms with Crippen LogP contribution in [-0.4, -0.2) is 20.3 Å².